The molecule has 1 unspecified atom stereocenters. The molecular weight excluding hydrogens is 320 g/mol. The van der Waals surface area contributed by atoms with Crippen molar-refractivity contribution in [3.05, 3.63) is 53.0 Å². The number of fused-ring (bicyclic) bond motifs is 3. The van der Waals surface area contributed by atoms with Crippen molar-refractivity contribution in [1.29, 1.82) is 0 Å². The monoisotopic (exact) mass is 342 g/mol. The molecule has 0 amide bonds. The van der Waals surface area contributed by atoms with Gasteiger partial charge in [-0.1, -0.05) is 30.7 Å². The van der Waals surface area contributed by atoms with Crippen LogP contribution in [0.3, 0.4) is 0 Å². The number of nitrogens with zero attached hydrogens (tertiary/aromatic N) is 2. The van der Waals surface area contributed by atoms with Gasteiger partial charge in [-0.25, -0.2) is 0 Å². The van der Waals surface area contributed by atoms with Crippen LogP contribution in [0.4, 0.5) is 0 Å². The summed E-state index contributed by atoms with van der Waals surface area (Å²) in [5.41, 5.74) is 4.94. The van der Waals surface area contributed by atoms with Crippen molar-refractivity contribution in [2.75, 3.05) is 33.2 Å². The fourth-order valence-corrected chi connectivity index (χ4v) is 3.91. The number of allylic oxidation sites excluding steroid dienone is 1. The Bertz CT molecular complexity index is 772. The van der Waals surface area contributed by atoms with Crippen molar-refractivity contribution < 1.29 is 4.42 Å². The molecule has 1 aliphatic heterocycles. The lowest BCUT2D eigenvalue weighted by atomic mass is 9.87. The van der Waals surface area contributed by atoms with Crippen molar-refractivity contribution in [2.24, 2.45) is 0 Å². The predicted octanol–water partition coefficient (Wildman–Crippen LogP) is 4.70. The van der Waals surface area contributed by atoms with E-state index in [1.165, 1.54) is 16.8 Å². The van der Waals surface area contributed by atoms with Gasteiger partial charge in [0.1, 0.15) is 0 Å². The molecule has 3 nitrogen and oxygen atoms in total. The second kappa shape index (κ2) is 6.30. The smallest absolute Gasteiger partial charge is 0.157 e. The topological polar surface area (TPSA) is 19.6 Å². The normalized spacial score (nSPS) is 21.5. The fourth-order valence-electron chi connectivity index (χ4n) is 3.74. The molecule has 126 valence electrons. The van der Waals surface area contributed by atoms with Gasteiger partial charge in [0, 0.05) is 36.8 Å². The van der Waals surface area contributed by atoms with Crippen LogP contribution in [0, 0.1) is 0 Å². The van der Waals surface area contributed by atoms with Crippen molar-refractivity contribution in [1.82, 2.24) is 9.80 Å². The minimum Gasteiger partial charge on any atom is -0.462 e. The zero-order chi connectivity index (χ0) is 16.7. The van der Waals surface area contributed by atoms with Gasteiger partial charge in [0.05, 0.1) is 12.0 Å². The van der Waals surface area contributed by atoms with E-state index in [2.05, 4.69) is 48.0 Å². The van der Waals surface area contributed by atoms with Crippen LogP contribution in [-0.2, 0) is 0 Å². The van der Waals surface area contributed by atoms with Gasteiger partial charge >= 0.3 is 0 Å². The number of rotatable bonds is 1. The van der Waals surface area contributed by atoms with E-state index < -0.39 is 0 Å². The molecule has 1 aromatic heterocycles. The zero-order valence-corrected chi connectivity index (χ0v) is 15.0. The molecule has 2 heterocycles. The summed E-state index contributed by atoms with van der Waals surface area (Å²) in [5.74, 6) is 1.44. The molecule has 0 saturated carbocycles. The summed E-state index contributed by atoms with van der Waals surface area (Å²) < 4.78 is 5.95. The molecule has 0 bridgehead atoms. The Kier molecular flexibility index (Phi) is 4.15. The average Bonchev–Trinajstić information content (AvgIpc) is 3.04. The summed E-state index contributed by atoms with van der Waals surface area (Å²) in [5, 5.41) is 0.777. The highest BCUT2D eigenvalue weighted by Crippen LogP contribution is 2.41. The minimum atomic E-state index is 0.461. The number of hydrogen-bond acceptors (Lipinski definition) is 3. The summed E-state index contributed by atoms with van der Waals surface area (Å²) in [6.07, 6.45) is 5.17. The summed E-state index contributed by atoms with van der Waals surface area (Å²) in [6, 6.07) is 8.30. The number of benzene rings is 1. The number of piperazine rings is 1. The Morgan fingerprint density at radius 3 is 2.67 bits per heavy atom. The van der Waals surface area contributed by atoms with Gasteiger partial charge in [-0.2, -0.15) is 0 Å². The summed E-state index contributed by atoms with van der Waals surface area (Å²) in [6.45, 7) is 6.55. The van der Waals surface area contributed by atoms with Crippen LogP contribution in [0.25, 0.3) is 16.8 Å². The van der Waals surface area contributed by atoms with Crippen LogP contribution in [0.15, 0.2) is 41.0 Å². The third-order valence-electron chi connectivity index (χ3n) is 5.24. The van der Waals surface area contributed by atoms with E-state index >= 15 is 0 Å². The van der Waals surface area contributed by atoms with E-state index in [-0.39, 0.29) is 0 Å². The Balaban J connectivity index is 1.80. The highest BCUT2D eigenvalue weighted by atomic mass is 35.5. The van der Waals surface area contributed by atoms with Gasteiger partial charge in [-0.05, 0) is 48.7 Å². The largest absolute Gasteiger partial charge is 0.462 e. The van der Waals surface area contributed by atoms with Crippen LogP contribution < -0.4 is 0 Å². The molecule has 0 radical (unpaired) electrons. The number of furan rings is 1. The van der Waals surface area contributed by atoms with E-state index in [0.717, 1.165) is 48.9 Å². The van der Waals surface area contributed by atoms with Gasteiger partial charge in [0.2, 0.25) is 0 Å². The third-order valence-corrected chi connectivity index (χ3v) is 5.48. The maximum absolute atomic E-state index is 6.29. The van der Waals surface area contributed by atoms with Gasteiger partial charge in [0.15, 0.2) is 5.76 Å². The van der Waals surface area contributed by atoms with E-state index in [1.807, 2.05) is 6.07 Å². The molecule has 1 aromatic carbocycles. The number of likely N-dealkylation sites (N-methyl/N-ethyl adjacent to an activating group) is 1. The minimum absolute atomic E-state index is 0.461. The van der Waals surface area contributed by atoms with Crippen molar-refractivity contribution in [3.63, 3.8) is 0 Å². The highest BCUT2D eigenvalue weighted by molar-refractivity contribution is 6.30. The lowest BCUT2D eigenvalue weighted by Crippen LogP contribution is -2.43. The quantitative estimate of drug-likeness (QED) is 0.749. The lowest BCUT2D eigenvalue weighted by Gasteiger charge is -2.36. The summed E-state index contributed by atoms with van der Waals surface area (Å²) >= 11 is 6.29. The molecule has 0 N–H and O–H groups in total. The molecule has 1 saturated heterocycles. The van der Waals surface area contributed by atoms with Crippen LogP contribution in [0.5, 0.6) is 0 Å². The van der Waals surface area contributed by atoms with E-state index in [0.29, 0.717) is 5.92 Å². The summed E-state index contributed by atoms with van der Waals surface area (Å²) in [4.78, 5) is 4.84. The highest BCUT2D eigenvalue weighted by Gasteiger charge is 2.26. The van der Waals surface area contributed by atoms with E-state index in [4.69, 9.17) is 16.0 Å². The zero-order valence-electron chi connectivity index (χ0n) is 14.3. The first-order chi connectivity index (χ1) is 11.6. The first kappa shape index (κ1) is 15.8. The molecule has 1 aliphatic carbocycles. The van der Waals surface area contributed by atoms with Gasteiger partial charge in [-0.15, -0.1) is 0 Å². The molecule has 2 aliphatic rings. The van der Waals surface area contributed by atoms with Crippen LogP contribution in [-0.4, -0.2) is 43.0 Å². The van der Waals surface area contributed by atoms with Gasteiger partial charge in [-0.3, -0.25) is 0 Å². The first-order valence-corrected chi connectivity index (χ1v) is 9.02. The molecule has 4 rings (SSSR count). The van der Waals surface area contributed by atoms with Crippen molar-refractivity contribution >= 4 is 17.3 Å². The van der Waals surface area contributed by atoms with Gasteiger partial charge < -0.3 is 14.2 Å². The predicted molar refractivity (Wildman–Crippen MR) is 99.2 cm³/mol. The van der Waals surface area contributed by atoms with E-state index in [9.17, 15) is 0 Å². The molecule has 0 spiro atoms. The Hall–Kier alpha value is -1.71. The lowest BCUT2D eigenvalue weighted by molar-refractivity contribution is 0.205. The van der Waals surface area contributed by atoms with Crippen molar-refractivity contribution in [2.45, 2.75) is 19.3 Å². The third kappa shape index (κ3) is 2.76. The first-order valence-electron chi connectivity index (χ1n) is 8.65. The van der Waals surface area contributed by atoms with Crippen LogP contribution >= 0.6 is 11.6 Å². The second-order valence-electron chi connectivity index (χ2n) is 6.91. The molecule has 1 fully saturated rings. The fraction of sp³-hybridized carbons (Fsp3) is 0.400. The maximum Gasteiger partial charge on any atom is 0.157 e. The standard InChI is InChI=1S/C20H23ClN2O/c1-14-3-6-19(23-10-8-22(2)9-11-23)20-17(7-12-24-20)18-13-15(21)4-5-16(14)18/h4-7,12-14H,3,8-11H2,1-2H3. The SMILES string of the molecule is CC1CC=C(N2CCN(C)CC2)c2occc2-c2cc(Cl)ccc21. The van der Waals surface area contributed by atoms with Crippen LogP contribution in [0.1, 0.15) is 30.6 Å². The molecule has 1 atom stereocenters. The Labute approximate surface area is 148 Å². The second-order valence-corrected chi connectivity index (χ2v) is 7.35. The van der Waals surface area contributed by atoms with E-state index in [1.54, 1.807) is 6.26 Å². The average molecular weight is 343 g/mol. The van der Waals surface area contributed by atoms with Crippen molar-refractivity contribution in [3.8, 4) is 11.1 Å². The summed E-state index contributed by atoms with van der Waals surface area (Å²) in [7, 11) is 2.18. The maximum atomic E-state index is 6.29. The molecule has 24 heavy (non-hydrogen) atoms. The Morgan fingerprint density at radius 2 is 1.88 bits per heavy atom. The molecular formula is C20H23ClN2O. The molecule has 4 heteroatoms. The number of hydrogen-bond donors (Lipinski definition) is 0. The molecule has 2 aromatic rings. The van der Waals surface area contributed by atoms with Crippen LogP contribution in [0.2, 0.25) is 5.02 Å². The Morgan fingerprint density at radius 1 is 1.08 bits per heavy atom. The number of halogens is 1. The van der Waals surface area contributed by atoms with Gasteiger partial charge in [0.25, 0.3) is 0 Å².